The van der Waals surface area contributed by atoms with Gasteiger partial charge in [0.1, 0.15) is 0 Å². The molecule has 3 nitrogen and oxygen atoms in total. The highest BCUT2D eigenvalue weighted by molar-refractivity contribution is 4.74. The summed E-state index contributed by atoms with van der Waals surface area (Å²) in [6, 6.07) is 0. The summed E-state index contributed by atoms with van der Waals surface area (Å²) in [6.45, 7) is 14.7. The minimum atomic E-state index is -0.0270. The molecule has 0 aliphatic heterocycles. The van der Waals surface area contributed by atoms with Gasteiger partial charge in [0.05, 0.1) is 12.2 Å². The summed E-state index contributed by atoms with van der Waals surface area (Å²) in [6.07, 6.45) is 0. The van der Waals surface area contributed by atoms with Crippen molar-refractivity contribution in [3.63, 3.8) is 0 Å². The van der Waals surface area contributed by atoms with Crippen LogP contribution in [0.3, 0.4) is 0 Å². The second-order valence-corrected chi connectivity index (χ2v) is 6.54. The molecule has 0 heterocycles. The molecule has 0 amide bonds. The van der Waals surface area contributed by atoms with Crippen molar-refractivity contribution in [2.24, 2.45) is 5.41 Å². The van der Waals surface area contributed by atoms with E-state index in [1.165, 1.54) is 0 Å². The fourth-order valence-corrected chi connectivity index (χ4v) is 1.77. The van der Waals surface area contributed by atoms with Crippen molar-refractivity contribution in [1.29, 1.82) is 0 Å². The van der Waals surface area contributed by atoms with Gasteiger partial charge >= 0.3 is 0 Å². The second-order valence-electron chi connectivity index (χ2n) is 6.54. The van der Waals surface area contributed by atoms with Gasteiger partial charge < -0.3 is 15.0 Å². The number of hydrogen-bond donors (Lipinski definition) is 1. The van der Waals surface area contributed by atoms with Gasteiger partial charge in [0, 0.05) is 19.6 Å². The monoisotopic (exact) mass is 230 g/mol. The SMILES string of the molecule is CN(C)CC(C)(C)CNCCOC(C)(C)C. The lowest BCUT2D eigenvalue weighted by molar-refractivity contribution is -0.00148. The molecule has 98 valence electrons. The molecule has 0 aromatic carbocycles. The molecule has 16 heavy (non-hydrogen) atoms. The van der Waals surface area contributed by atoms with Gasteiger partial charge in [-0.25, -0.2) is 0 Å². The van der Waals surface area contributed by atoms with Gasteiger partial charge in [-0.3, -0.25) is 0 Å². The zero-order valence-electron chi connectivity index (χ0n) is 12.2. The lowest BCUT2D eigenvalue weighted by Gasteiger charge is -2.29. The van der Waals surface area contributed by atoms with Crippen LogP contribution in [0.2, 0.25) is 0 Å². The highest BCUT2D eigenvalue weighted by atomic mass is 16.5. The van der Waals surface area contributed by atoms with E-state index in [1.54, 1.807) is 0 Å². The van der Waals surface area contributed by atoms with E-state index in [2.05, 4.69) is 58.9 Å². The Hall–Kier alpha value is -0.120. The Labute approximate surface area is 102 Å². The van der Waals surface area contributed by atoms with Crippen LogP contribution in [0.1, 0.15) is 34.6 Å². The molecule has 0 spiro atoms. The van der Waals surface area contributed by atoms with Crippen molar-refractivity contribution >= 4 is 0 Å². The van der Waals surface area contributed by atoms with E-state index in [4.69, 9.17) is 4.74 Å². The van der Waals surface area contributed by atoms with Crippen molar-refractivity contribution in [3.8, 4) is 0 Å². The van der Waals surface area contributed by atoms with Crippen molar-refractivity contribution in [3.05, 3.63) is 0 Å². The van der Waals surface area contributed by atoms with Crippen LogP contribution >= 0.6 is 0 Å². The Morgan fingerprint density at radius 2 is 1.62 bits per heavy atom. The second kappa shape index (κ2) is 6.58. The maximum atomic E-state index is 5.65. The fraction of sp³-hybridized carbons (Fsp3) is 1.00. The summed E-state index contributed by atoms with van der Waals surface area (Å²) < 4.78 is 5.65. The third-order valence-electron chi connectivity index (χ3n) is 2.16. The zero-order valence-corrected chi connectivity index (χ0v) is 12.2. The van der Waals surface area contributed by atoms with Crippen LogP contribution in [0.5, 0.6) is 0 Å². The van der Waals surface area contributed by atoms with Gasteiger partial charge in [0.2, 0.25) is 0 Å². The van der Waals surface area contributed by atoms with Gasteiger partial charge in [-0.05, 0) is 40.3 Å². The highest BCUT2D eigenvalue weighted by Crippen LogP contribution is 2.13. The first-order chi connectivity index (χ1) is 7.12. The predicted molar refractivity (Wildman–Crippen MR) is 70.9 cm³/mol. The molecule has 0 rings (SSSR count). The third-order valence-corrected chi connectivity index (χ3v) is 2.16. The van der Waals surface area contributed by atoms with E-state index in [9.17, 15) is 0 Å². The van der Waals surface area contributed by atoms with Gasteiger partial charge in [-0.2, -0.15) is 0 Å². The number of nitrogens with one attached hydrogen (secondary N) is 1. The molecule has 3 heteroatoms. The standard InChI is InChI=1S/C13H30N2O/c1-12(2,3)16-9-8-14-10-13(4,5)11-15(6)7/h14H,8-11H2,1-7H3. The summed E-state index contributed by atoms with van der Waals surface area (Å²) >= 11 is 0. The molecular formula is C13H30N2O. The normalized spacial score (nSPS) is 13.5. The van der Waals surface area contributed by atoms with Crippen molar-refractivity contribution in [1.82, 2.24) is 10.2 Å². The average molecular weight is 230 g/mol. The number of nitrogens with zero attached hydrogens (tertiary/aromatic N) is 1. The van der Waals surface area contributed by atoms with Crippen molar-refractivity contribution < 1.29 is 4.74 Å². The minimum Gasteiger partial charge on any atom is -0.375 e. The lowest BCUT2D eigenvalue weighted by atomic mass is 9.93. The maximum absolute atomic E-state index is 5.65. The molecule has 0 fully saturated rings. The Balaban J connectivity index is 3.58. The van der Waals surface area contributed by atoms with E-state index < -0.39 is 0 Å². The first-order valence-electron chi connectivity index (χ1n) is 6.12. The lowest BCUT2D eigenvalue weighted by Crippen LogP contribution is -2.39. The zero-order chi connectivity index (χ0) is 12.8. The van der Waals surface area contributed by atoms with E-state index in [-0.39, 0.29) is 5.60 Å². The minimum absolute atomic E-state index is 0.0270. The molecule has 0 atom stereocenters. The van der Waals surface area contributed by atoms with Crippen LogP contribution in [0.25, 0.3) is 0 Å². The Morgan fingerprint density at radius 1 is 1.06 bits per heavy atom. The van der Waals surface area contributed by atoms with Crippen molar-refractivity contribution in [2.75, 3.05) is 40.3 Å². The number of rotatable bonds is 7. The summed E-state index contributed by atoms with van der Waals surface area (Å²) in [5.41, 5.74) is 0.284. The molecule has 0 unspecified atom stereocenters. The van der Waals surface area contributed by atoms with Crippen molar-refractivity contribution in [2.45, 2.75) is 40.2 Å². The van der Waals surface area contributed by atoms with Crippen LogP contribution < -0.4 is 5.32 Å². The van der Waals surface area contributed by atoms with Gasteiger partial charge in [0.15, 0.2) is 0 Å². The molecule has 0 saturated heterocycles. The van der Waals surface area contributed by atoms with Crippen LogP contribution in [-0.4, -0.2) is 50.8 Å². The Kier molecular flexibility index (Phi) is 6.53. The highest BCUT2D eigenvalue weighted by Gasteiger charge is 2.18. The van der Waals surface area contributed by atoms with E-state index in [0.29, 0.717) is 5.41 Å². The topological polar surface area (TPSA) is 24.5 Å². The van der Waals surface area contributed by atoms with Crippen LogP contribution in [0.4, 0.5) is 0 Å². The van der Waals surface area contributed by atoms with Gasteiger partial charge in [-0.15, -0.1) is 0 Å². The van der Waals surface area contributed by atoms with Crippen LogP contribution in [-0.2, 0) is 4.74 Å². The molecule has 0 aliphatic rings. The quantitative estimate of drug-likeness (QED) is 0.677. The largest absolute Gasteiger partial charge is 0.375 e. The van der Waals surface area contributed by atoms with E-state index >= 15 is 0 Å². The fourth-order valence-electron chi connectivity index (χ4n) is 1.77. The maximum Gasteiger partial charge on any atom is 0.0599 e. The molecule has 0 aromatic heterocycles. The molecular weight excluding hydrogens is 200 g/mol. The van der Waals surface area contributed by atoms with Gasteiger partial charge in [-0.1, -0.05) is 13.8 Å². The molecule has 0 radical (unpaired) electrons. The number of ether oxygens (including phenoxy) is 1. The first kappa shape index (κ1) is 15.9. The van der Waals surface area contributed by atoms with E-state index in [0.717, 1.165) is 26.2 Å². The molecule has 0 bridgehead atoms. The summed E-state index contributed by atoms with van der Waals surface area (Å²) in [5, 5.41) is 3.45. The molecule has 0 aromatic rings. The molecule has 0 aliphatic carbocycles. The molecule has 1 N–H and O–H groups in total. The number of hydrogen-bond acceptors (Lipinski definition) is 3. The van der Waals surface area contributed by atoms with Crippen LogP contribution in [0, 0.1) is 5.41 Å². The van der Waals surface area contributed by atoms with Crippen LogP contribution in [0.15, 0.2) is 0 Å². The average Bonchev–Trinajstić information content (AvgIpc) is 1.98. The third kappa shape index (κ3) is 10.4. The smallest absolute Gasteiger partial charge is 0.0599 e. The summed E-state index contributed by atoms with van der Waals surface area (Å²) in [7, 11) is 4.23. The predicted octanol–water partition coefficient (Wildman–Crippen LogP) is 1.98. The van der Waals surface area contributed by atoms with E-state index in [1.807, 2.05) is 0 Å². The van der Waals surface area contributed by atoms with Gasteiger partial charge in [0.25, 0.3) is 0 Å². The Bertz CT molecular complexity index is 183. The first-order valence-corrected chi connectivity index (χ1v) is 6.12. The molecule has 0 saturated carbocycles. The Morgan fingerprint density at radius 3 is 2.06 bits per heavy atom. The summed E-state index contributed by atoms with van der Waals surface area (Å²) in [5.74, 6) is 0. The summed E-state index contributed by atoms with van der Waals surface area (Å²) in [4.78, 5) is 2.23.